The second-order valence-corrected chi connectivity index (χ2v) is 7.71. The van der Waals surface area contributed by atoms with Crippen molar-refractivity contribution in [3.05, 3.63) is 89.5 Å². The van der Waals surface area contributed by atoms with Gasteiger partial charge in [0.15, 0.2) is 5.78 Å². The summed E-state index contributed by atoms with van der Waals surface area (Å²) in [6, 6.07) is 18.4. The Bertz CT molecular complexity index is 1210. The van der Waals surface area contributed by atoms with Gasteiger partial charge in [0, 0.05) is 29.1 Å². The summed E-state index contributed by atoms with van der Waals surface area (Å²) in [4.78, 5) is 25.8. The number of hydrogen-bond donors (Lipinski definition) is 0. The number of hydrogen-bond acceptors (Lipinski definition) is 4. The number of ketones is 1. The highest BCUT2D eigenvalue weighted by molar-refractivity contribution is 5.95. The number of carbonyl (C=O) groups excluding carboxylic acids is 1. The fourth-order valence-corrected chi connectivity index (χ4v) is 3.83. The Morgan fingerprint density at radius 1 is 1.00 bits per heavy atom. The molecule has 142 valence electrons. The van der Waals surface area contributed by atoms with E-state index in [0.717, 1.165) is 39.0 Å². The van der Waals surface area contributed by atoms with Crippen molar-refractivity contribution in [2.24, 2.45) is 0 Å². The minimum absolute atomic E-state index is 0.0736. The molecule has 0 saturated heterocycles. The van der Waals surface area contributed by atoms with Gasteiger partial charge in [0.05, 0.1) is 16.9 Å². The molecule has 1 aliphatic rings. The van der Waals surface area contributed by atoms with E-state index in [9.17, 15) is 4.79 Å². The Balaban J connectivity index is 1.51. The standard InChI is InChI=1S/C25H21N3O/c1-16(29)22-13-20(18-8-9-18)14-26-24(22)12-17-7-10-21-23(11-17)27-15-28-25(21)19-5-3-2-4-6-19/h2-7,10-11,13-15,18H,8-9,12H2,1H3. The monoisotopic (exact) mass is 379 g/mol. The highest BCUT2D eigenvalue weighted by Crippen LogP contribution is 2.40. The van der Waals surface area contributed by atoms with Crippen LogP contribution >= 0.6 is 0 Å². The van der Waals surface area contributed by atoms with Crippen molar-refractivity contribution < 1.29 is 4.79 Å². The Morgan fingerprint density at radius 2 is 1.83 bits per heavy atom. The van der Waals surface area contributed by atoms with Crippen LogP contribution < -0.4 is 0 Å². The van der Waals surface area contributed by atoms with Crippen molar-refractivity contribution in [3.63, 3.8) is 0 Å². The van der Waals surface area contributed by atoms with Gasteiger partial charge >= 0.3 is 0 Å². The van der Waals surface area contributed by atoms with Crippen LogP contribution in [0.1, 0.15) is 52.9 Å². The summed E-state index contributed by atoms with van der Waals surface area (Å²) in [7, 11) is 0. The smallest absolute Gasteiger partial charge is 0.161 e. The summed E-state index contributed by atoms with van der Waals surface area (Å²) < 4.78 is 0. The first-order valence-electron chi connectivity index (χ1n) is 9.98. The predicted octanol–water partition coefficient (Wildman–Crippen LogP) is 5.36. The van der Waals surface area contributed by atoms with Crippen LogP contribution in [-0.4, -0.2) is 20.7 Å². The topological polar surface area (TPSA) is 55.7 Å². The molecule has 1 aliphatic carbocycles. The van der Waals surface area contributed by atoms with E-state index in [1.165, 1.54) is 18.4 Å². The molecule has 4 heteroatoms. The zero-order valence-corrected chi connectivity index (χ0v) is 16.3. The molecule has 1 fully saturated rings. The van der Waals surface area contributed by atoms with Crippen molar-refractivity contribution in [1.82, 2.24) is 15.0 Å². The van der Waals surface area contributed by atoms with E-state index in [1.54, 1.807) is 13.3 Å². The van der Waals surface area contributed by atoms with E-state index < -0.39 is 0 Å². The van der Waals surface area contributed by atoms with Gasteiger partial charge in [-0.15, -0.1) is 0 Å². The normalized spacial score (nSPS) is 13.6. The van der Waals surface area contributed by atoms with Crippen LogP contribution in [0.5, 0.6) is 0 Å². The zero-order chi connectivity index (χ0) is 19.8. The summed E-state index contributed by atoms with van der Waals surface area (Å²) in [5, 5.41) is 1.02. The van der Waals surface area contributed by atoms with Crippen molar-refractivity contribution in [3.8, 4) is 11.3 Å². The van der Waals surface area contributed by atoms with Gasteiger partial charge in [-0.2, -0.15) is 0 Å². The van der Waals surface area contributed by atoms with Gasteiger partial charge in [-0.05, 0) is 48.9 Å². The maximum absolute atomic E-state index is 12.2. The van der Waals surface area contributed by atoms with Crippen LogP contribution in [0.15, 0.2) is 67.1 Å². The Labute approximate surface area is 169 Å². The fraction of sp³-hybridized carbons (Fsp3) is 0.200. The third-order valence-electron chi connectivity index (χ3n) is 5.54. The SMILES string of the molecule is CC(=O)c1cc(C2CC2)cnc1Cc1ccc2c(-c3ccccc3)ncnc2c1. The molecular formula is C25H21N3O. The van der Waals surface area contributed by atoms with E-state index in [4.69, 9.17) is 0 Å². The van der Waals surface area contributed by atoms with Crippen LogP contribution in [0.3, 0.4) is 0 Å². The molecule has 4 nitrogen and oxygen atoms in total. The molecule has 0 aliphatic heterocycles. The molecule has 0 bridgehead atoms. The average Bonchev–Trinajstić information content (AvgIpc) is 3.59. The lowest BCUT2D eigenvalue weighted by molar-refractivity contribution is 0.101. The van der Waals surface area contributed by atoms with Crippen LogP contribution in [0, 0.1) is 0 Å². The van der Waals surface area contributed by atoms with Gasteiger partial charge in [0.25, 0.3) is 0 Å². The molecule has 1 saturated carbocycles. The van der Waals surface area contributed by atoms with Gasteiger partial charge in [-0.3, -0.25) is 9.78 Å². The van der Waals surface area contributed by atoms with Crippen LogP contribution in [0.4, 0.5) is 0 Å². The van der Waals surface area contributed by atoms with E-state index in [2.05, 4.69) is 45.3 Å². The van der Waals surface area contributed by atoms with Gasteiger partial charge < -0.3 is 0 Å². The molecule has 4 aromatic rings. The van der Waals surface area contributed by atoms with Crippen LogP contribution in [-0.2, 0) is 6.42 Å². The Kier molecular flexibility index (Phi) is 4.39. The second kappa shape index (κ2) is 7.21. The molecule has 5 rings (SSSR count). The van der Waals surface area contributed by atoms with Crippen LogP contribution in [0.2, 0.25) is 0 Å². The maximum Gasteiger partial charge on any atom is 0.161 e. The highest BCUT2D eigenvalue weighted by Gasteiger charge is 2.25. The number of carbonyl (C=O) groups is 1. The zero-order valence-electron chi connectivity index (χ0n) is 16.3. The van der Waals surface area contributed by atoms with Crippen molar-refractivity contribution in [2.45, 2.75) is 32.1 Å². The molecule has 0 spiro atoms. The number of aromatic nitrogens is 3. The van der Waals surface area contributed by atoms with Gasteiger partial charge in [0.2, 0.25) is 0 Å². The maximum atomic E-state index is 12.2. The third kappa shape index (κ3) is 3.54. The summed E-state index contributed by atoms with van der Waals surface area (Å²) in [6.45, 7) is 1.62. The number of fused-ring (bicyclic) bond motifs is 1. The molecule has 0 atom stereocenters. The van der Waals surface area contributed by atoms with Gasteiger partial charge in [-0.25, -0.2) is 9.97 Å². The van der Waals surface area contributed by atoms with E-state index >= 15 is 0 Å². The lowest BCUT2D eigenvalue weighted by atomic mass is 9.98. The summed E-state index contributed by atoms with van der Waals surface area (Å²) in [5.74, 6) is 0.660. The molecule has 29 heavy (non-hydrogen) atoms. The third-order valence-corrected chi connectivity index (χ3v) is 5.54. The first kappa shape index (κ1) is 17.7. The minimum atomic E-state index is 0.0736. The summed E-state index contributed by atoms with van der Waals surface area (Å²) >= 11 is 0. The number of rotatable bonds is 5. The summed E-state index contributed by atoms with van der Waals surface area (Å²) in [5.41, 5.74) is 6.75. The molecule has 2 heterocycles. The number of benzene rings is 2. The van der Waals surface area contributed by atoms with E-state index in [1.807, 2.05) is 30.5 Å². The quantitative estimate of drug-likeness (QED) is 0.438. The lowest BCUT2D eigenvalue weighted by Crippen LogP contribution is -2.05. The number of pyridine rings is 1. The summed E-state index contributed by atoms with van der Waals surface area (Å²) in [6.07, 6.45) is 6.56. The molecule has 0 amide bonds. The predicted molar refractivity (Wildman–Crippen MR) is 114 cm³/mol. The average molecular weight is 379 g/mol. The first-order valence-corrected chi connectivity index (χ1v) is 9.98. The minimum Gasteiger partial charge on any atom is -0.294 e. The molecule has 2 aromatic carbocycles. The van der Waals surface area contributed by atoms with Crippen LogP contribution in [0.25, 0.3) is 22.2 Å². The molecular weight excluding hydrogens is 358 g/mol. The van der Waals surface area contributed by atoms with Crippen molar-refractivity contribution in [1.29, 1.82) is 0 Å². The number of nitrogens with zero attached hydrogens (tertiary/aromatic N) is 3. The van der Waals surface area contributed by atoms with Gasteiger partial charge in [-0.1, -0.05) is 42.5 Å². The molecule has 2 aromatic heterocycles. The van der Waals surface area contributed by atoms with E-state index in [-0.39, 0.29) is 5.78 Å². The van der Waals surface area contributed by atoms with E-state index in [0.29, 0.717) is 12.3 Å². The molecule has 0 radical (unpaired) electrons. The second-order valence-electron chi connectivity index (χ2n) is 7.71. The molecule has 0 unspecified atom stereocenters. The number of Topliss-reactive ketones (excluding diaryl/α,β-unsaturated/α-hetero) is 1. The van der Waals surface area contributed by atoms with Gasteiger partial charge in [0.1, 0.15) is 6.33 Å². The molecule has 0 N–H and O–H groups in total. The highest BCUT2D eigenvalue weighted by atomic mass is 16.1. The lowest BCUT2D eigenvalue weighted by Gasteiger charge is -2.10. The van der Waals surface area contributed by atoms with Crippen molar-refractivity contribution in [2.75, 3.05) is 0 Å². The largest absolute Gasteiger partial charge is 0.294 e. The Hall–Kier alpha value is -3.40. The first-order chi connectivity index (χ1) is 14.2. The Morgan fingerprint density at radius 3 is 2.59 bits per heavy atom. The van der Waals surface area contributed by atoms with Crippen molar-refractivity contribution >= 4 is 16.7 Å². The fourth-order valence-electron chi connectivity index (χ4n) is 3.83.